The van der Waals surface area contributed by atoms with E-state index in [1.807, 2.05) is 63.2 Å². The normalized spacial score (nSPS) is 11.0. The lowest BCUT2D eigenvalue weighted by Gasteiger charge is -2.11. The molecule has 104 valence electrons. The van der Waals surface area contributed by atoms with Crippen LogP contribution in [0.3, 0.4) is 0 Å². The largest absolute Gasteiger partial charge is 0.389 e. The van der Waals surface area contributed by atoms with Gasteiger partial charge < -0.3 is 10.1 Å². The number of azo groups is 1. The fraction of sp³-hybridized carbons (Fsp3) is 0.267. The number of benzene rings is 1. The van der Waals surface area contributed by atoms with Crippen LogP contribution in [0.1, 0.15) is 11.3 Å². The molecule has 2 rings (SSSR count). The Morgan fingerprint density at radius 1 is 1.00 bits per heavy atom. The molecule has 0 unspecified atom stereocenters. The molecule has 0 spiro atoms. The molecule has 5 nitrogen and oxygen atoms in total. The van der Waals surface area contributed by atoms with Gasteiger partial charge in [-0.1, -0.05) is 0 Å². The minimum absolute atomic E-state index is 0.416. The molecule has 0 aliphatic rings. The van der Waals surface area contributed by atoms with Crippen LogP contribution in [0.15, 0.2) is 46.6 Å². The highest BCUT2D eigenvalue weighted by Crippen LogP contribution is 2.20. The summed E-state index contributed by atoms with van der Waals surface area (Å²) in [7, 11) is 3.97. The molecule has 1 aromatic carbocycles. The highest BCUT2D eigenvalue weighted by Gasteiger charge is 2.12. The Kier molecular flexibility index (Phi) is 3.98. The highest BCUT2D eigenvalue weighted by molar-refractivity contribution is 5.51. The van der Waals surface area contributed by atoms with Crippen LogP contribution < -0.4 is 9.63 Å². The number of aryl methyl sites for hydroxylation is 2. The van der Waals surface area contributed by atoms with Gasteiger partial charge in [0.2, 0.25) is 0 Å². The minimum Gasteiger partial charge on any atom is -0.378 e. The second-order valence-corrected chi connectivity index (χ2v) is 4.95. The topological polar surface area (TPSA) is 52.1 Å². The number of hydrogen-bond donors (Lipinski definition) is 1. The SMILES string of the molecule is Cc1cc(C)[n+](O)c(N=Nc2ccc(N(C)C)cc2)c1. The molecule has 0 aliphatic heterocycles. The summed E-state index contributed by atoms with van der Waals surface area (Å²) >= 11 is 0. The molecule has 2 aromatic rings. The van der Waals surface area contributed by atoms with E-state index in [1.165, 1.54) is 0 Å². The zero-order chi connectivity index (χ0) is 14.7. The molecule has 1 N–H and O–H groups in total. The number of pyridine rings is 1. The molecular weight excluding hydrogens is 252 g/mol. The smallest absolute Gasteiger partial charge is 0.378 e. The van der Waals surface area contributed by atoms with Gasteiger partial charge in [0, 0.05) is 32.8 Å². The molecular formula is C15H19N4O+. The fourth-order valence-electron chi connectivity index (χ4n) is 1.88. The number of rotatable bonds is 3. The summed E-state index contributed by atoms with van der Waals surface area (Å²) in [5.74, 6) is 0.416. The van der Waals surface area contributed by atoms with Gasteiger partial charge in [-0.3, -0.25) is 0 Å². The average Bonchev–Trinajstić information content (AvgIpc) is 2.41. The fourth-order valence-corrected chi connectivity index (χ4v) is 1.88. The number of aromatic nitrogens is 1. The lowest BCUT2D eigenvalue weighted by Crippen LogP contribution is -2.33. The second kappa shape index (κ2) is 5.69. The van der Waals surface area contributed by atoms with Gasteiger partial charge in [0.1, 0.15) is 11.4 Å². The van der Waals surface area contributed by atoms with Crippen LogP contribution in [0.25, 0.3) is 0 Å². The van der Waals surface area contributed by atoms with Crippen molar-refractivity contribution in [3.05, 3.63) is 47.7 Å². The summed E-state index contributed by atoms with van der Waals surface area (Å²) < 4.78 is 1.03. The Bertz CT molecular complexity index is 633. The maximum Gasteiger partial charge on any atom is 0.389 e. The molecule has 1 heterocycles. The van der Waals surface area contributed by atoms with Crippen molar-refractivity contribution in [3.63, 3.8) is 0 Å². The Balaban J connectivity index is 2.25. The lowest BCUT2D eigenvalue weighted by molar-refractivity contribution is -0.898. The number of nitrogens with zero attached hydrogens (tertiary/aromatic N) is 4. The number of anilines is 1. The first-order valence-electron chi connectivity index (χ1n) is 6.39. The molecule has 20 heavy (non-hydrogen) atoms. The Morgan fingerprint density at radius 3 is 2.25 bits per heavy atom. The molecule has 0 saturated carbocycles. The summed E-state index contributed by atoms with van der Waals surface area (Å²) in [5.41, 5.74) is 3.61. The zero-order valence-electron chi connectivity index (χ0n) is 12.2. The van der Waals surface area contributed by atoms with E-state index in [9.17, 15) is 5.21 Å². The highest BCUT2D eigenvalue weighted by atomic mass is 16.5. The molecule has 0 fully saturated rings. The summed E-state index contributed by atoms with van der Waals surface area (Å²) in [5, 5.41) is 18.1. The molecule has 1 aromatic heterocycles. The summed E-state index contributed by atoms with van der Waals surface area (Å²) in [6, 6.07) is 11.4. The second-order valence-electron chi connectivity index (χ2n) is 4.95. The standard InChI is InChI=1S/C15H19N4O/c1-11-9-12(2)19(20)15(10-11)17-16-13-5-7-14(8-6-13)18(3)4/h5-10,20H,1-4H3/q+1. The lowest BCUT2D eigenvalue weighted by atomic mass is 10.2. The van der Waals surface area contributed by atoms with Crippen molar-refractivity contribution >= 4 is 17.2 Å². The van der Waals surface area contributed by atoms with Crippen molar-refractivity contribution in [1.29, 1.82) is 0 Å². The van der Waals surface area contributed by atoms with E-state index in [1.54, 1.807) is 6.07 Å². The van der Waals surface area contributed by atoms with Crippen molar-refractivity contribution in [1.82, 2.24) is 0 Å². The van der Waals surface area contributed by atoms with E-state index in [2.05, 4.69) is 10.2 Å². The molecule has 0 amide bonds. The van der Waals surface area contributed by atoms with Gasteiger partial charge in [0.05, 0.1) is 5.11 Å². The van der Waals surface area contributed by atoms with Crippen LogP contribution >= 0.6 is 0 Å². The van der Waals surface area contributed by atoms with Crippen molar-refractivity contribution in [2.45, 2.75) is 13.8 Å². The van der Waals surface area contributed by atoms with Crippen molar-refractivity contribution in [2.75, 3.05) is 19.0 Å². The van der Waals surface area contributed by atoms with E-state index in [-0.39, 0.29) is 0 Å². The van der Waals surface area contributed by atoms with E-state index in [0.717, 1.165) is 27.4 Å². The molecule has 0 atom stereocenters. The Morgan fingerprint density at radius 2 is 1.65 bits per heavy atom. The molecule has 0 saturated heterocycles. The predicted molar refractivity (Wildman–Crippen MR) is 78.2 cm³/mol. The third kappa shape index (κ3) is 3.12. The zero-order valence-corrected chi connectivity index (χ0v) is 12.2. The van der Waals surface area contributed by atoms with E-state index in [0.29, 0.717) is 5.82 Å². The van der Waals surface area contributed by atoms with Crippen molar-refractivity contribution < 1.29 is 9.94 Å². The third-order valence-electron chi connectivity index (χ3n) is 2.98. The Hall–Kier alpha value is -2.43. The molecule has 0 radical (unpaired) electrons. The van der Waals surface area contributed by atoms with Crippen LogP contribution in [0.2, 0.25) is 0 Å². The van der Waals surface area contributed by atoms with E-state index in [4.69, 9.17) is 0 Å². The average molecular weight is 271 g/mol. The van der Waals surface area contributed by atoms with Crippen LogP contribution in [-0.2, 0) is 0 Å². The van der Waals surface area contributed by atoms with Gasteiger partial charge >= 0.3 is 5.82 Å². The maximum absolute atomic E-state index is 9.87. The van der Waals surface area contributed by atoms with Crippen molar-refractivity contribution in [2.24, 2.45) is 10.2 Å². The first-order valence-corrected chi connectivity index (χ1v) is 6.39. The first kappa shape index (κ1) is 14.0. The minimum atomic E-state index is 0.416. The number of hydrogen-bond acceptors (Lipinski definition) is 4. The van der Waals surface area contributed by atoms with Crippen LogP contribution in [0.5, 0.6) is 0 Å². The monoisotopic (exact) mass is 271 g/mol. The van der Waals surface area contributed by atoms with Crippen LogP contribution in [0, 0.1) is 13.8 Å². The molecule has 0 aliphatic carbocycles. The van der Waals surface area contributed by atoms with Gasteiger partial charge in [-0.15, -0.1) is 0 Å². The van der Waals surface area contributed by atoms with Gasteiger partial charge in [-0.25, -0.2) is 0 Å². The van der Waals surface area contributed by atoms with Crippen molar-refractivity contribution in [3.8, 4) is 0 Å². The quantitative estimate of drug-likeness (QED) is 0.529. The van der Waals surface area contributed by atoms with E-state index >= 15 is 0 Å². The van der Waals surface area contributed by atoms with Crippen LogP contribution in [-0.4, -0.2) is 19.3 Å². The first-order chi connectivity index (χ1) is 9.47. The molecule has 0 bridgehead atoms. The van der Waals surface area contributed by atoms with Gasteiger partial charge in [-0.05, 0) is 52.7 Å². The van der Waals surface area contributed by atoms with Gasteiger partial charge in [0.15, 0.2) is 0 Å². The molecule has 5 heteroatoms. The maximum atomic E-state index is 9.87. The van der Waals surface area contributed by atoms with Gasteiger partial charge in [-0.2, -0.15) is 0 Å². The summed E-state index contributed by atoms with van der Waals surface area (Å²) in [4.78, 5) is 2.02. The predicted octanol–water partition coefficient (Wildman–Crippen LogP) is 3.31. The van der Waals surface area contributed by atoms with E-state index < -0.39 is 0 Å². The van der Waals surface area contributed by atoms with Crippen LogP contribution in [0.4, 0.5) is 17.2 Å². The van der Waals surface area contributed by atoms with Gasteiger partial charge in [0.25, 0.3) is 0 Å². The third-order valence-corrected chi connectivity index (χ3v) is 2.98. The Labute approximate surface area is 118 Å². The summed E-state index contributed by atoms with van der Waals surface area (Å²) in [6.45, 7) is 3.77. The summed E-state index contributed by atoms with van der Waals surface area (Å²) in [6.07, 6.45) is 0.